The van der Waals surface area contributed by atoms with Gasteiger partial charge in [0.25, 0.3) is 0 Å². The molecule has 0 aliphatic heterocycles. The molecular formula is C14H25IN4O2S. The van der Waals surface area contributed by atoms with Crippen LogP contribution in [0.1, 0.15) is 31.7 Å². The Morgan fingerprint density at radius 2 is 2.05 bits per heavy atom. The number of guanidine groups is 1. The zero-order valence-corrected chi connectivity index (χ0v) is 16.3. The summed E-state index contributed by atoms with van der Waals surface area (Å²) in [6.07, 6.45) is 1.73. The number of nitrogens with zero attached hydrogens (tertiary/aromatic N) is 1. The molecule has 0 aliphatic rings. The van der Waals surface area contributed by atoms with Crippen molar-refractivity contribution in [2.75, 3.05) is 24.7 Å². The van der Waals surface area contributed by atoms with Crippen molar-refractivity contribution in [2.45, 2.75) is 26.2 Å². The highest BCUT2D eigenvalue weighted by atomic mass is 127. The summed E-state index contributed by atoms with van der Waals surface area (Å²) in [7, 11) is -3.13. The van der Waals surface area contributed by atoms with E-state index in [0.29, 0.717) is 31.4 Å². The van der Waals surface area contributed by atoms with Crippen LogP contribution in [0.3, 0.4) is 0 Å². The first-order valence-electron chi connectivity index (χ1n) is 6.89. The van der Waals surface area contributed by atoms with Gasteiger partial charge < -0.3 is 11.1 Å². The van der Waals surface area contributed by atoms with Crippen molar-refractivity contribution in [3.05, 3.63) is 29.8 Å². The van der Waals surface area contributed by atoms with Crippen LogP contribution in [0.5, 0.6) is 0 Å². The molecule has 1 aromatic rings. The summed E-state index contributed by atoms with van der Waals surface area (Å²) in [5.41, 5.74) is 7.93. The molecule has 0 bridgehead atoms. The summed E-state index contributed by atoms with van der Waals surface area (Å²) in [6, 6.07) is 8.01. The van der Waals surface area contributed by atoms with E-state index in [1.54, 1.807) is 0 Å². The van der Waals surface area contributed by atoms with Gasteiger partial charge in [0.15, 0.2) is 5.96 Å². The van der Waals surface area contributed by atoms with E-state index in [4.69, 9.17) is 5.73 Å². The second-order valence-electron chi connectivity index (χ2n) is 5.19. The predicted molar refractivity (Wildman–Crippen MR) is 104 cm³/mol. The molecule has 0 heterocycles. The van der Waals surface area contributed by atoms with Gasteiger partial charge in [-0.05, 0) is 30.0 Å². The third-order valence-corrected chi connectivity index (χ3v) is 3.54. The quantitative estimate of drug-likeness (QED) is 0.262. The number of hydrogen-bond acceptors (Lipinski definition) is 3. The molecule has 0 saturated carbocycles. The summed E-state index contributed by atoms with van der Waals surface area (Å²) in [6.45, 7) is 5.08. The molecule has 8 heteroatoms. The Hall–Kier alpha value is -0.870. The van der Waals surface area contributed by atoms with Crippen LogP contribution < -0.4 is 15.8 Å². The molecule has 0 atom stereocenters. The zero-order valence-electron chi connectivity index (χ0n) is 13.2. The fourth-order valence-electron chi connectivity index (χ4n) is 1.70. The molecule has 1 rings (SSSR count). The Morgan fingerprint density at radius 3 is 2.64 bits per heavy atom. The topological polar surface area (TPSA) is 96.6 Å². The molecule has 0 unspecified atom stereocenters. The van der Waals surface area contributed by atoms with Crippen LogP contribution in [0.25, 0.3) is 0 Å². The minimum atomic E-state index is -3.13. The maximum Gasteiger partial charge on any atom is 0.208 e. The molecule has 126 valence electrons. The van der Waals surface area contributed by atoms with Crippen LogP contribution in [0.15, 0.2) is 29.3 Å². The van der Waals surface area contributed by atoms with E-state index in [0.717, 1.165) is 11.9 Å². The van der Waals surface area contributed by atoms with Gasteiger partial charge in [-0.3, -0.25) is 4.99 Å². The van der Waals surface area contributed by atoms with Crippen LogP contribution in [-0.2, 0) is 10.0 Å². The van der Waals surface area contributed by atoms with Crippen LogP contribution in [0.2, 0.25) is 0 Å². The van der Waals surface area contributed by atoms with Gasteiger partial charge >= 0.3 is 0 Å². The number of aliphatic imine (C=N–C) groups is 1. The van der Waals surface area contributed by atoms with Gasteiger partial charge in [-0.2, -0.15) is 0 Å². The van der Waals surface area contributed by atoms with Crippen molar-refractivity contribution in [1.29, 1.82) is 0 Å². The average molecular weight is 440 g/mol. The minimum absolute atomic E-state index is 0. The Bertz CT molecular complexity index is 588. The third-order valence-electron chi connectivity index (χ3n) is 2.81. The van der Waals surface area contributed by atoms with Gasteiger partial charge in [0.2, 0.25) is 10.0 Å². The molecule has 0 saturated heterocycles. The Kier molecular flexibility index (Phi) is 9.61. The standard InChI is InChI=1S/C14H24N4O2S.HI/c1-11(2)12-6-4-7-13(10-12)18-14(15)16-8-5-9-17-21(3,19)20;/h4,6-7,10-11,17H,5,8-9H2,1-3H3,(H3,15,16,18);1H. The summed E-state index contributed by atoms with van der Waals surface area (Å²) < 4.78 is 24.2. The Morgan fingerprint density at radius 1 is 1.36 bits per heavy atom. The van der Waals surface area contributed by atoms with E-state index in [2.05, 4.69) is 34.9 Å². The number of anilines is 1. The maximum atomic E-state index is 10.9. The Balaban J connectivity index is 0.00000441. The van der Waals surface area contributed by atoms with Gasteiger partial charge in [-0.15, -0.1) is 24.0 Å². The summed E-state index contributed by atoms with van der Waals surface area (Å²) in [5, 5.41) is 3.03. The third kappa shape index (κ3) is 9.21. The lowest BCUT2D eigenvalue weighted by molar-refractivity contribution is 0.586. The van der Waals surface area contributed by atoms with Gasteiger partial charge in [0.05, 0.1) is 6.26 Å². The molecule has 6 nitrogen and oxygen atoms in total. The minimum Gasteiger partial charge on any atom is -0.370 e. The van der Waals surface area contributed by atoms with E-state index >= 15 is 0 Å². The van der Waals surface area contributed by atoms with Crippen molar-refractivity contribution in [1.82, 2.24) is 4.72 Å². The van der Waals surface area contributed by atoms with E-state index in [1.807, 2.05) is 18.2 Å². The number of nitrogens with one attached hydrogen (secondary N) is 2. The van der Waals surface area contributed by atoms with Crippen LogP contribution in [-0.4, -0.2) is 33.7 Å². The highest BCUT2D eigenvalue weighted by Gasteiger charge is 2.01. The fourth-order valence-corrected chi connectivity index (χ4v) is 2.21. The number of halogens is 1. The van der Waals surface area contributed by atoms with Crippen molar-refractivity contribution in [3.8, 4) is 0 Å². The van der Waals surface area contributed by atoms with Crippen molar-refractivity contribution in [3.63, 3.8) is 0 Å². The molecule has 1 aromatic carbocycles. The largest absolute Gasteiger partial charge is 0.370 e. The second kappa shape index (κ2) is 10.0. The first-order chi connectivity index (χ1) is 9.78. The molecule has 0 aromatic heterocycles. The summed E-state index contributed by atoms with van der Waals surface area (Å²) in [4.78, 5) is 4.16. The lowest BCUT2D eigenvalue weighted by Crippen LogP contribution is -2.25. The lowest BCUT2D eigenvalue weighted by Gasteiger charge is -2.10. The summed E-state index contributed by atoms with van der Waals surface area (Å²) in [5.74, 6) is 0.780. The molecule has 4 N–H and O–H groups in total. The highest BCUT2D eigenvalue weighted by Crippen LogP contribution is 2.18. The number of sulfonamides is 1. The summed E-state index contributed by atoms with van der Waals surface area (Å²) >= 11 is 0. The van der Waals surface area contributed by atoms with Crippen molar-refractivity contribution >= 4 is 45.6 Å². The van der Waals surface area contributed by atoms with E-state index in [-0.39, 0.29) is 24.0 Å². The number of rotatable bonds is 7. The first kappa shape index (κ1) is 21.1. The van der Waals surface area contributed by atoms with E-state index in [1.165, 1.54) is 5.56 Å². The normalized spacial score (nSPS) is 12.1. The first-order valence-corrected chi connectivity index (χ1v) is 8.78. The SMILES string of the molecule is CC(C)c1cccc(NC(N)=NCCCNS(C)(=O)=O)c1.I. The number of hydrogen-bond donors (Lipinski definition) is 3. The van der Waals surface area contributed by atoms with Gasteiger partial charge in [0, 0.05) is 18.8 Å². The van der Waals surface area contributed by atoms with Gasteiger partial charge in [0.1, 0.15) is 0 Å². The van der Waals surface area contributed by atoms with Gasteiger partial charge in [-0.25, -0.2) is 13.1 Å². The molecule has 0 fully saturated rings. The maximum absolute atomic E-state index is 10.9. The van der Waals surface area contributed by atoms with E-state index in [9.17, 15) is 8.42 Å². The molecule has 0 aliphatic carbocycles. The van der Waals surface area contributed by atoms with Crippen LogP contribution >= 0.6 is 24.0 Å². The zero-order chi connectivity index (χ0) is 15.9. The monoisotopic (exact) mass is 440 g/mol. The van der Waals surface area contributed by atoms with E-state index < -0.39 is 10.0 Å². The highest BCUT2D eigenvalue weighted by molar-refractivity contribution is 14.0. The van der Waals surface area contributed by atoms with Crippen molar-refractivity contribution < 1.29 is 8.42 Å². The molecule has 0 spiro atoms. The van der Waals surface area contributed by atoms with Crippen LogP contribution in [0, 0.1) is 0 Å². The number of nitrogens with two attached hydrogens (primary N) is 1. The molecule has 0 amide bonds. The average Bonchev–Trinajstić information content (AvgIpc) is 2.37. The van der Waals surface area contributed by atoms with Crippen LogP contribution in [0.4, 0.5) is 5.69 Å². The molecule has 22 heavy (non-hydrogen) atoms. The molecule has 0 radical (unpaired) electrons. The predicted octanol–water partition coefficient (Wildman–Crippen LogP) is 2.09. The lowest BCUT2D eigenvalue weighted by atomic mass is 10.0. The number of benzene rings is 1. The van der Waals surface area contributed by atoms with Crippen molar-refractivity contribution in [2.24, 2.45) is 10.7 Å². The smallest absolute Gasteiger partial charge is 0.208 e. The fraction of sp³-hybridized carbons (Fsp3) is 0.500. The molecular weight excluding hydrogens is 415 g/mol. The Labute approximate surface area is 150 Å². The van der Waals surface area contributed by atoms with Gasteiger partial charge in [-0.1, -0.05) is 26.0 Å². The second-order valence-corrected chi connectivity index (χ2v) is 7.03.